The number of aromatic nitrogens is 2. The highest BCUT2D eigenvalue weighted by Crippen LogP contribution is 2.32. The van der Waals surface area contributed by atoms with Crippen molar-refractivity contribution < 1.29 is 4.79 Å². The van der Waals surface area contributed by atoms with E-state index in [0.717, 1.165) is 10.4 Å². The number of thiophene rings is 1. The van der Waals surface area contributed by atoms with Crippen LogP contribution in [0.1, 0.15) is 15.9 Å². The Hall–Kier alpha value is -2.82. The molecule has 0 atom stereocenters. The van der Waals surface area contributed by atoms with Crippen molar-refractivity contribution in [2.45, 2.75) is 0 Å². The van der Waals surface area contributed by atoms with Crippen molar-refractivity contribution >= 4 is 34.7 Å². The van der Waals surface area contributed by atoms with Crippen LogP contribution >= 0.6 is 22.9 Å². The van der Waals surface area contributed by atoms with Gasteiger partial charge in [0.05, 0.1) is 15.5 Å². The van der Waals surface area contributed by atoms with Gasteiger partial charge in [-0.15, -0.1) is 11.3 Å². The van der Waals surface area contributed by atoms with Crippen LogP contribution in [0.5, 0.6) is 0 Å². The van der Waals surface area contributed by atoms with Crippen molar-refractivity contribution in [3.05, 3.63) is 58.3 Å². The maximum Gasteiger partial charge on any atom is 0.253 e. The molecule has 126 valence electrons. The fourth-order valence-corrected chi connectivity index (χ4v) is 3.38. The average molecular weight is 372 g/mol. The summed E-state index contributed by atoms with van der Waals surface area (Å²) in [5.74, 6) is 0.332. The number of nitrogens with zero attached hydrogens (tertiary/aromatic N) is 2. The van der Waals surface area contributed by atoms with Gasteiger partial charge in [0.2, 0.25) is 0 Å². The summed E-state index contributed by atoms with van der Waals surface area (Å²) in [6.07, 6.45) is 5.06. The summed E-state index contributed by atoms with van der Waals surface area (Å²) in [6.45, 7) is 0.859. The average Bonchev–Trinajstić information content (AvgIpc) is 3.27. The molecule has 3 N–H and O–H groups in total. The lowest BCUT2D eigenvalue weighted by molar-refractivity contribution is 0.0956. The molecule has 8 heteroatoms. The standard InChI is InChI=1S/C17H14ClN5OS/c18-15-4-3-14(25-15)12-9-20-10-13(12)17(24)23-7-6-22-16-11(8-19)2-1-5-21-16/h1-5,9-10,20H,6-7H2,(H,21,22)(H,23,24). The molecule has 0 aromatic carbocycles. The summed E-state index contributed by atoms with van der Waals surface area (Å²) in [5, 5.41) is 14.9. The second kappa shape index (κ2) is 7.83. The molecule has 3 heterocycles. The van der Waals surface area contributed by atoms with E-state index in [2.05, 4.69) is 26.7 Å². The highest BCUT2D eigenvalue weighted by Gasteiger charge is 2.15. The van der Waals surface area contributed by atoms with Gasteiger partial charge in [-0.2, -0.15) is 5.26 Å². The number of anilines is 1. The van der Waals surface area contributed by atoms with Crippen LogP contribution in [-0.4, -0.2) is 29.0 Å². The molecule has 3 rings (SSSR count). The minimum atomic E-state index is -0.177. The Morgan fingerprint density at radius 2 is 2.20 bits per heavy atom. The maximum absolute atomic E-state index is 12.4. The molecule has 0 spiro atoms. The maximum atomic E-state index is 12.4. The van der Waals surface area contributed by atoms with Gasteiger partial charge in [-0.1, -0.05) is 11.6 Å². The summed E-state index contributed by atoms with van der Waals surface area (Å²) >= 11 is 7.39. The van der Waals surface area contributed by atoms with Gasteiger partial charge < -0.3 is 15.6 Å². The van der Waals surface area contributed by atoms with Crippen LogP contribution in [0, 0.1) is 11.3 Å². The largest absolute Gasteiger partial charge is 0.367 e. The molecule has 0 aliphatic rings. The van der Waals surface area contributed by atoms with E-state index < -0.39 is 0 Å². The van der Waals surface area contributed by atoms with Crippen molar-refractivity contribution in [3.63, 3.8) is 0 Å². The van der Waals surface area contributed by atoms with Crippen molar-refractivity contribution in [2.75, 3.05) is 18.4 Å². The van der Waals surface area contributed by atoms with Gasteiger partial charge in [-0.3, -0.25) is 4.79 Å². The molecule has 6 nitrogen and oxygen atoms in total. The van der Waals surface area contributed by atoms with Gasteiger partial charge in [0.25, 0.3) is 5.91 Å². The van der Waals surface area contributed by atoms with Crippen LogP contribution in [0.4, 0.5) is 5.82 Å². The minimum Gasteiger partial charge on any atom is -0.367 e. The molecule has 0 unspecified atom stereocenters. The Morgan fingerprint density at radius 3 is 2.96 bits per heavy atom. The van der Waals surface area contributed by atoms with E-state index in [0.29, 0.717) is 34.4 Å². The fraction of sp³-hybridized carbons (Fsp3) is 0.118. The minimum absolute atomic E-state index is 0.177. The molecule has 0 radical (unpaired) electrons. The van der Waals surface area contributed by atoms with Gasteiger partial charge in [0.15, 0.2) is 0 Å². The van der Waals surface area contributed by atoms with Crippen LogP contribution in [-0.2, 0) is 0 Å². The molecular formula is C17H14ClN5OS. The zero-order chi connectivity index (χ0) is 17.6. The van der Waals surface area contributed by atoms with Crippen LogP contribution in [0.3, 0.4) is 0 Å². The highest BCUT2D eigenvalue weighted by molar-refractivity contribution is 7.19. The van der Waals surface area contributed by atoms with Crippen molar-refractivity contribution in [1.29, 1.82) is 5.26 Å². The first kappa shape index (κ1) is 17.0. The number of amides is 1. The molecule has 0 aliphatic heterocycles. The Labute approximate surface area is 153 Å². The van der Waals surface area contributed by atoms with Crippen molar-refractivity contribution in [3.8, 4) is 16.5 Å². The number of aromatic amines is 1. The lowest BCUT2D eigenvalue weighted by Gasteiger charge is -2.08. The number of pyridine rings is 1. The number of hydrogen-bond donors (Lipinski definition) is 3. The first-order valence-electron chi connectivity index (χ1n) is 7.48. The van der Waals surface area contributed by atoms with E-state index in [1.165, 1.54) is 11.3 Å². The SMILES string of the molecule is N#Cc1cccnc1NCCNC(=O)c1c[nH]cc1-c1ccc(Cl)s1. The normalized spacial score (nSPS) is 10.2. The van der Waals surface area contributed by atoms with E-state index in [1.54, 1.807) is 36.8 Å². The van der Waals surface area contributed by atoms with Crippen LogP contribution in [0.15, 0.2) is 42.9 Å². The van der Waals surface area contributed by atoms with Gasteiger partial charge >= 0.3 is 0 Å². The zero-order valence-corrected chi connectivity index (χ0v) is 14.6. The molecule has 3 aromatic rings. The number of halogens is 1. The quantitative estimate of drug-likeness (QED) is 0.578. The van der Waals surface area contributed by atoms with E-state index in [1.807, 2.05) is 6.07 Å². The molecule has 0 saturated heterocycles. The Balaban J connectivity index is 1.57. The second-order valence-corrected chi connectivity index (χ2v) is 6.80. The number of nitrogens with one attached hydrogen (secondary N) is 3. The van der Waals surface area contributed by atoms with Crippen molar-refractivity contribution in [1.82, 2.24) is 15.3 Å². The summed E-state index contributed by atoms with van der Waals surface area (Å²) in [5.41, 5.74) is 1.85. The Kier molecular flexibility index (Phi) is 5.33. The molecule has 25 heavy (non-hydrogen) atoms. The second-order valence-electron chi connectivity index (χ2n) is 5.08. The number of carbonyl (C=O) groups is 1. The molecule has 0 aliphatic carbocycles. The summed E-state index contributed by atoms with van der Waals surface area (Å²) < 4.78 is 0.676. The van der Waals surface area contributed by atoms with Gasteiger partial charge in [-0.25, -0.2) is 4.98 Å². The predicted octanol–water partition coefficient (Wildman–Crippen LogP) is 3.51. The van der Waals surface area contributed by atoms with E-state index in [-0.39, 0.29) is 5.91 Å². The van der Waals surface area contributed by atoms with Gasteiger partial charge in [-0.05, 0) is 24.3 Å². The summed E-state index contributed by atoms with van der Waals surface area (Å²) in [6, 6.07) is 9.15. The molecule has 1 amide bonds. The first-order valence-corrected chi connectivity index (χ1v) is 8.68. The molecule has 3 aromatic heterocycles. The van der Waals surface area contributed by atoms with Crippen LogP contribution in [0.25, 0.3) is 10.4 Å². The third-order valence-electron chi connectivity index (χ3n) is 3.46. The number of hydrogen-bond acceptors (Lipinski definition) is 5. The summed E-state index contributed by atoms with van der Waals surface area (Å²) in [7, 11) is 0. The van der Waals surface area contributed by atoms with E-state index >= 15 is 0 Å². The monoisotopic (exact) mass is 371 g/mol. The molecule has 0 saturated carbocycles. The smallest absolute Gasteiger partial charge is 0.253 e. The molecular weight excluding hydrogens is 358 g/mol. The van der Waals surface area contributed by atoms with Crippen molar-refractivity contribution in [2.24, 2.45) is 0 Å². The van der Waals surface area contributed by atoms with Crippen LogP contribution in [0.2, 0.25) is 4.34 Å². The number of H-pyrrole nitrogens is 1. The third-order valence-corrected chi connectivity index (χ3v) is 4.72. The van der Waals surface area contributed by atoms with E-state index in [4.69, 9.17) is 16.9 Å². The Bertz CT molecular complexity index is 927. The third kappa shape index (κ3) is 3.99. The zero-order valence-electron chi connectivity index (χ0n) is 13.0. The number of nitriles is 1. The van der Waals surface area contributed by atoms with Gasteiger partial charge in [0.1, 0.15) is 11.9 Å². The first-order chi connectivity index (χ1) is 12.2. The lowest BCUT2D eigenvalue weighted by Crippen LogP contribution is -2.29. The highest BCUT2D eigenvalue weighted by atomic mass is 35.5. The van der Waals surface area contributed by atoms with Gasteiger partial charge in [0, 0.05) is 42.1 Å². The number of carbonyl (C=O) groups excluding carboxylic acids is 1. The summed E-state index contributed by atoms with van der Waals surface area (Å²) in [4.78, 5) is 20.4. The van der Waals surface area contributed by atoms with E-state index in [9.17, 15) is 4.79 Å². The number of rotatable bonds is 6. The topological polar surface area (TPSA) is 93.6 Å². The Morgan fingerprint density at radius 1 is 1.32 bits per heavy atom. The fourth-order valence-electron chi connectivity index (χ4n) is 2.30. The molecule has 0 fully saturated rings. The molecule has 0 bridgehead atoms. The van der Waals surface area contributed by atoms with Crippen LogP contribution < -0.4 is 10.6 Å². The predicted molar refractivity (Wildman–Crippen MR) is 98.9 cm³/mol. The lowest BCUT2D eigenvalue weighted by atomic mass is 10.1.